The number of benzene rings is 5. The Morgan fingerprint density at radius 2 is 0.639 bits per heavy atom. The fourth-order valence-corrected chi connectivity index (χ4v) is 4.44. The summed E-state index contributed by atoms with van der Waals surface area (Å²) >= 11 is 0. The summed E-state index contributed by atoms with van der Waals surface area (Å²) in [5.41, 5.74) is 9.62. The van der Waals surface area contributed by atoms with Crippen molar-refractivity contribution in [2.75, 3.05) is 0 Å². The molecule has 2 heteroatoms. The molecule has 0 bridgehead atoms. The van der Waals surface area contributed by atoms with Gasteiger partial charge >= 0.3 is 0 Å². The minimum absolute atomic E-state index is 0.721. The summed E-state index contributed by atoms with van der Waals surface area (Å²) in [6, 6.07) is 50.3. The van der Waals surface area contributed by atoms with Crippen LogP contribution in [0.25, 0.3) is 56.2 Å². The zero-order valence-electron chi connectivity index (χ0n) is 19.8. The van der Waals surface area contributed by atoms with Gasteiger partial charge in [0.2, 0.25) is 0 Å². The highest BCUT2D eigenvalue weighted by Gasteiger charge is 2.13. The molecule has 170 valence electrons. The summed E-state index contributed by atoms with van der Waals surface area (Å²) in [6.07, 6.45) is 0. The Bertz CT molecular complexity index is 1350. The third-order valence-corrected chi connectivity index (χ3v) is 6.27. The Hall–Kier alpha value is -4.82. The van der Waals surface area contributed by atoms with E-state index in [0.717, 1.165) is 45.0 Å². The van der Waals surface area contributed by atoms with Crippen molar-refractivity contribution in [2.24, 2.45) is 0 Å². The van der Waals surface area contributed by atoms with Crippen LogP contribution in [0, 0.1) is 0 Å². The predicted molar refractivity (Wildman–Crippen MR) is 149 cm³/mol. The molecule has 0 aliphatic carbocycles. The van der Waals surface area contributed by atoms with Gasteiger partial charge < -0.3 is 0 Å². The molecule has 0 fully saturated rings. The van der Waals surface area contributed by atoms with E-state index in [2.05, 4.69) is 97.1 Å². The lowest BCUT2D eigenvalue weighted by atomic mass is 9.94. The van der Waals surface area contributed by atoms with Crippen LogP contribution < -0.4 is 0 Å². The van der Waals surface area contributed by atoms with Gasteiger partial charge in [-0.2, -0.15) is 0 Å². The molecule has 0 aliphatic rings. The Kier molecular flexibility index (Phi) is 5.91. The van der Waals surface area contributed by atoms with Crippen LogP contribution in [0.15, 0.2) is 146 Å². The SMILES string of the molecule is c1ccc(-c2cc(-c3ccccc3)cc(-c3cc(-c4ccccc4)nc(-c4ccccc4)n3)c2)cc1. The molecule has 0 N–H and O–H groups in total. The highest BCUT2D eigenvalue weighted by atomic mass is 14.9. The second-order valence-corrected chi connectivity index (χ2v) is 8.73. The summed E-state index contributed by atoms with van der Waals surface area (Å²) in [7, 11) is 0. The largest absolute Gasteiger partial charge is 0.228 e. The second-order valence-electron chi connectivity index (χ2n) is 8.73. The van der Waals surface area contributed by atoms with Gasteiger partial charge in [0, 0.05) is 16.7 Å². The first-order chi connectivity index (χ1) is 17.8. The smallest absolute Gasteiger partial charge is 0.160 e. The van der Waals surface area contributed by atoms with Gasteiger partial charge in [0.05, 0.1) is 11.4 Å². The van der Waals surface area contributed by atoms with Crippen LogP contribution in [0.2, 0.25) is 0 Å². The molecule has 0 aliphatic heterocycles. The Morgan fingerprint density at radius 3 is 1.11 bits per heavy atom. The van der Waals surface area contributed by atoms with Crippen molar-refractivity contribution in [3.8, 4) is 56.2 Å². The molecular weight excluding hydrogens is 436 g/mol. The van der Waals surface area contributed by atoms with E-state index in [-0.39, 0.29) is 0 Å². The van der Waals surface area contributed by atoms with E-state index in [0.29, 0.717) is 0 Å². The first kappa shape index (κ1) is 21.7. The van der Waals surface area contributed by atoms with Crippen LogP contribution in [-0.2, 0) is 0 Å². The Labute approximate surface area is 211 Å². The topological polar surface area (TPSA) is 25.8 Å². The molecule has 6 aromatic rings. The third-order valence-electron chi connectivity index (χ3n) is 6.27. The van der Waals surface area contributed by atoms with Crippen molar-refractivity contribution in [2.45, 2.75) is 0 Å². The molecule has 6 rings (SSSR count). The molecule has 1 heterocycles. The lowest BCUT2D eigenvalue weighted by Crippen LogP contribution is -1.96. The number of aromatic nitrogens is 2. The van der Waals surface area contributed by atoms with Crippen molar-refractivity contribution in [3.05, 3.63) is 146 Å². The molecular formula is C34H24N2. The average Bonchev–Trinajstić information content (AvgIpc) is 2.98. The summed E-state index contributed by atoms with van der Waals surface area (Å²) < 4.78 is 0. The quantitative estimate of drug-likeness (QED) is 0.257. The zero-order chi connectivity index (χ0) is 24.2. The van der Waals surface area contributed by atoms with Crippen molar-refractivity contribution >= 4 is 0 Å². The molecule has 2 nitrogen and oxygen atoms in total. The van der Waals surface area contributed by atoms with Gasteiger partial charge in [-0.05, 0) is 46.5 Å². The summed E-state index contributed by atoms with van der Waals surface area (Å²) in [4.78, 5) is 10.0. The minimum atomic E-state index is 0.721. The fraction of sp³-hybridized carbons (Fsp3) is 0. The maximum Gasteiger partial charge on any atom is 0.160 e. The lowest BCUT2D eigenvalue weighted by Gasteiger charge is -2.13. The fourth-order valence-electron chi connectivity index (χ4n) is 4.44. The monoisotopic (exact) mass is 460 g/mol. The van der Waals surface area contributed by atoms with E-state index in [1.165, 1.54) is 11.1 Å². The van der Waals surface area contributed by atoms with Crippen molar-refractivity contribution in [3.63, 3.8) is 0 Å². The van der Waals surface area contributed by atoms with Crippen LogP contribution in [0.5, 0.6) is 0 Å². The number of hydrogen-bond donors (Lipinski definition) is 0. The summed E-state index contributed by atoms with van der Waals surface area (Å²) in [5, 5.41) is 0. The van der Waals surface area contributed by atoms with Gasteiger partial charge in [-0.1, -0.05) is 121 Å². The van der Waals surface area contributed by atoms with Crippen LogP contribution in [0.3, 0.4) is 0 Å². The van der Waals surface area contributed by atoms with E-state index in [4.69, 9.17) is 9.97 Å². The predicted octanol–water partition coefficient (Wildman–Crippen LogP) is 8.81. The van der Waals surface area contributed by atoms with Gasteiger partial charge in [-0.25, -0.2) is 9.97 Å². The van der Waals surface area contributed by atoms with Crippen molar-refractivity contribution in [1.29, 1.82) is 0 Å². The maximum absolute atomic E-state index is 5.06. The van der Waals surface area contributed by atoms with Crippen molar-refractivity contribution in [1.82, 2.24) is 9.97 Å². The molecule has 0 amide bonds. The van der Waals surface area contributed by atoms with E-state index in [1.54, 1.807) is 0 Å². The first-order valence-corrected chi connectivity index (χ1v) is 12.1. The molecule has 36 heavy (non-hydrogen) atoms. The lowest BCUT2D eigenvalue weighted by molar-refractivity contribution is 1.18. The van der Waals surface area contributed by atoms with E-state index in [9.17, 15) is 0 Å². The number of nitrogens with zero attached hydrogens (tertiary/aromatic N) is 2. The van der Waals surface area contributed by atoms with Gasteiger partial charge in [0.15, 0.2) is 5.82 Å². The molecule has 1 aromatic heterocycles. The minimum Gasteiger partial charge on any atom is -0.228 e. The van der Waals surface area contributed by atoms with Gasteiger partial charge in [0.25, 0.3) is 0 Å². The molecule has 0 radical (unpaired) electrons. The molecule has 0 spiro atoms. The van der Waals surface area contributed by atoms with E-state index in [1.807, 2.05) is 48.5 Å². The van der Waals surface area contributed by atoms with Crippen LogP contribution >= 0.6 is 0 Å². The van der Waals surface area contributed by atoms with Crippen LogP contribution in [-0.4, -0.2) is 9.97 Å². The molecule has 5 aromatic carbocycles. The zero-order valence-corrected chi connectivity index (χ0v) is 19.8. The Balaban J connectivity index is 1.58. The Morgan fingerprint density at radius 1 is 0.278 bits per heavy atom. The van der Waals surface area contributed by atoms with Gasteiger partial charge in [-0.15, -0.1) is 0 Å². The van der Waals surface area contributed by atoms with Crippen LogP contribution in [0.4, 0.5) is 0 Å². The first-order valence-electron chi connectivity index (χ1n) is 12.1. The highest BCUT2D eigenvalue weighted by Crippen LogP contribution is 2.34. The molecule has 0 saturated carbocycles. The summed E-state index contributed by atoms with van der Waals surface area (Å²) in [5.74, 6) is 0.721. The normalized spacial score (nSPS) is 10.8. The van der Waals surface area contributed by atoms with E-state index >= 15 is 0 Å². The van der Waals surface area contributed by atoms with Gasteiger partial charge in [-0.3, -0.25) is 0 Å². The van der Waals surface area contributed by atoms with E-state index < -0.39 is 0 Å². The van der Waals surface area contributed by atoms with Crippen LogP contribution in [0.1, 0.15) is 0 Å². The second kappa shape index (κ2) is 9.81. The maximum atomic E-state index is 5.06. The summed E-state index contributed by atoms with van der Waals surface area (Å²) in [6.45, 7) is 0. The standard InChI is InChI=1S/C34H24N2/c1-5-13-25(14-6-1)29-21-30(26-15-7-2-8-16-26)23-31(22-29)33-24-32(27-17-9-3-10-18-27)35-34(36-33)28-19-11-4-12-20-28/h1-24H. The molecule has 0 unspecified atom stereocenters. The average molecular weight is 461 g/mol. The number of rotatable bonds is 5. The highest BCUT2D eigenvalue weighted by molar-refractivity contribution is 5.82. The number of hydrogen-bond acceptors (Lipinski definition) is 2. The molecule has 0 saturated heterocycles. The van der Waals surface area contributed by atoms with Gasteiger partial charge in [0.1, 0.15) is 0 Å². The van der Waals surface area contributed by atoms with Crippen molar-refractivity contribution < 1.29 is 0 Å². The third kappa shape index (κ3) is 4.57. The molecule has 0 atom stereocenters.